The third-order valence-electron chi connectivity index (χ3n) is 2.99. The lowest BCUT2D eigenvalue weighted by Gasteiger charge is -2.09. The fraction of sp³-hybridized carbons (Fsp3) is 0.667. The number of aliphatic hydroxyl groups excluding tert-OH is 1. The van der Waals surface area contributed by atoms with E-state index in [1.165, 1.54) is 0 Å². The van der Waals surface area contributed by atoms with E-state index in [1.54, 1.807) is 18.0 Å². The predicted octanol–water partition coefficient (Wildman–Crippen LogP) is 3.35. The van der Waals surface area contributed by atoms with Crippen LogP contribution in [0.1, 0.15) is 24.1 Å². The summed E-state index contributed by atoms with van der Waals surface area (Å²) >= 11 is 1.69. The van der Waals surface area contributed by atoms with Crippen LogP contribution in [0.3, 0.4) is 0 Å². The molecule has 0 saturated heterocycles. The standard InChI is InChI=1S/C15H22F3NO3S/c1-12-13(10-20)19-5-4-14(12)23-9-3-2-6-21-7-8-22-11-15(16,17)18/h4-5,20H,2-3,6-11H2,1H3. The number of ether oxygens (including phenoxy) is 2. The molecule has 0 aromatic carbocycles. The summed E-state index contributed by atoms with van der Waals surface area (Å²) < 4.78 is 45.1. The van der Waals surface area contributed by atoms with Crippen molar-refractivity contribution in [2.24, 2.45) is 0 Å². The lowest BCUT2D eigenvalue weighted by molar-refractivity contribution is -0.176. The minimum atomic E-state index is -4.28. The number of aliphatic hydroxyl groups is 1. The molecule has 1 rings (SSSR count). The first-order valence-corrected chi connectivity index (χ1v) is 8.33. The summed E-state index contributed by atoms with van der Waals surface area (Å²) in [4.78, 5) is 5.20. The summed E-state index contributed by atoms with van der Waals surface area (Å²) in [5.41, 5.74) is 1.69. The summed E-state index contributed by atoms with van der Waals surface area (Å²) in [6.07, 6.45) is -0.823. The molecule has 0 aliphatic rings. The van der Waals surface area contributed by atoms with Crippen LogP contribution in [0, 0.1) is 6.92 Å². The van der Waals surface area contributed by atoms with Crippen molar-refractivity contribution in [1.82, 2.24) is 4.98 Å². The molecule has 1 aromatic heterocycles. The Morgan fingerprint density at radius 1 is 1.17 bits per heavy atom. The van der Waals surface area contributed by atoms with Crippen LogP contribution in [0.15, 0.2) is 17.2 Å². The fourth-order valence-corrected chi connectivity index (χ4v) is 2.83. The van der Waals surface area contributed by atoms with E-state index in [0.717, 1.165) is 29.1 Å². The highest BCUT2D eigenvalue weighted by Gasteiger charge is 2.27. The van der Waals surface area contributed by atoms with E-state index in [2.05, 4.69) is 9.72 Å². The van der Waals surface area contributed by atoms with Crippen LogP contribution in [0.2, 0.25) is 0 Å². The predicted molar refractivity (Wildman–Crippen MR) is 82.5 cm³/mol. The first-order valence-electron chi connectivity index (χ1n) is 7.34. The minimum absolute atomic E-state index is 0.0472. The maximum absolute atomic E-state index is 11.8. The summed E-state index contributed by atoms with van der Waals surface area (Å²) in [5, 5.41) is 9.16. The zero-order chi connectivity index (χ0) is 17.1. The number of rotatable bonds is 11. The SMILES string of the molecule is Cc1c(SCCCCOCCOCC(F)(F)F)ccnc1CO. The first kappa shape index (κ1) is 20.2. The second-order valence-electron chi connectivity index (χ2n) is 4.87. The number of unbranched alkanes of at least 4 members (excludes halogenated alkanes) is 1. The average Bonchev–Trinajstić information content (AvgIpc) is 2.49. The molecule has 8 heteroatoms. The van der Waals surface area contributed by atoms with Gasteiger partial charge in [-0.15, -0.1) is 11.8 Å². The molecule has 0 fully saturated rings. The zero-order valence-corrected chi connectivity index (χ0v) is 13.9. The Bertz CT molecular complexity index is 458. The van der Waals surface area contributed by atoms with Crippen LogP contribution in [-0.4, -0.2) is 48.4 Å². The number of thioether (sulfide) groups is 1. The van der Waals surface area contributed by atoms with Crippen molar-refractivity contribution < 1.29 is 27.8 Å². The number of nitrogens with zero attached hydrogens (tertiary/aromatic N) is 1. The molecule has 0 spiro atoms. The van der Waals surface area contributed by atoms with E-state index < -0.39 is 12.8 Å². The summed E-state index contributed by atoms with van der Waals surface area (Å²) in [6, 6.07) is 1.92. The molecule has 0 unspecified atom stereocenters. The van der Waals surface area contributed by atoms with Gasteiger partial charge < -0.3 is 14.6 Å². The molecule has 0 aliphatic heterocycles. The average molecular weight is 353 g/mol. The summed E-state index contributed by atoms with van der Waals surface area (Å²) in [7, 11) is 0. The van der Waals surface area contributed by atoms with Crippen molar-refractivity contribution in [1.29, 1.82) is 0 Å². The van der Waals surface area contributed by atoms with Crippen molar-refractivity contribution in [3.63, 3.8) is 0 Å². The molecule has 4 nitrogen and oxygen atoms in total. The molecule has 1 heterocycles. The smallest absolute Gasteiger partial charge is 0.390 e. The van der Waals surface area contributed by atoms with Gasteiger partial charge in [-0.05, 0) is 37.1 Å². The number of pyridine rings is 1. The highest BCUT2D eigenvalue weighted by Crippen LogP contribution is 2.24. The maximum atomic E-state index is 11.8. The summed E-state index contributed by atoms with van der Waals surface area (Å²) in [6.45, 7) is 1.28. The van der Waals surface area contributed by atoms with E-state index in [0.29, 0.717) is 12.3 Å². The fourth-order valence-electron chi connectivity index (χ4n) is 1.77. The molecular formula is C15H22F3NO3S. The van der Waals surface area contributed by atoms with Gasteiger partial charge in [0.25, 0.3) is 0 Å². The van der Waals surface area contributed by atoms with Crippen molar-refractivity contribution in [2.75, 3.05) is 32.2 Å². The van der Waals surface area contributed by atoms with Crippen LogP contribution >= 0.6 is 11.8 Å². The third kappa shape index (κ3) is 9.14. The van der Waals surface area contributed by atoms with Crippen LogP contribution in [0.4, 0.5) is 13.2 Å². The second-order valence-corrected chi connectivity index (χ2v) is 6.01. The molecular weight excluding hydrogens is 331 g/mol. The van der Waals surface area contributed by atoms with Crippen LogP contribution < -0.4 is 0 Å². The van der Waals surface area contributed by atoms with Crippen molar-refractivity contribution >= 4 is 11.8 Å². The molecule has 0 bridgehead atoms. The summed E-state index contributed by atoms with van der Waals surface area (Å²) in [5.74, 6) is 0.906. The second kappa shape index (κ2) is 10.9. The highest BCUT2D eigenvalue weighted by atomic mass is 32.2. The van der Waals surface area contributed by atoms with Gasteiger partial charge in [-0.1, -0.05) is 0 Å². The van der Waals surface area contributed by atoms with Crippen molar-refractivity contribution in [2.45, 2.75) is 37.4 Å². The number of hydrogen-bond donors (Lipinski definition) is 1. The van der Waals surface area contributed by atoms with E-state index in [4.69, 9.17) is 9.84 Å². The highest BCUT2D eigenvalue weighted by molar-refractivity contribution is 7.99. The third-order valence-corrected chi connectivity index (χ3v) is 4.23. The maximum Gasteiger partial charge on any atom is 0.411 e. The Hall–Kier alpha value is -0.830. The number of hydrogen-bond acceptors (Lipinski definition) is 5. The van der Waals surface area contributed by atoms with E-state index in [1.807, 2.05) is 13.0 Å². The molecule has 23 heavy (non-hydrogen) atoms. The molecule has 0 saturated carbocycles. The molecule has 0 radical (unpaired) electrons. The topological polar surface area (TPSA) is 51.6 Å². The quantitative estimate of drug-likeness (QED) is 0.488. The minimum Gasteiger partial charge on any atom is -0.390 e. The van der Waals surface area contributed by atoms with Crippen LogP contribution in [-0.2, 0) is 16.1 Å². The Balaban J connectivity index is 2.02. The molecule has 0 amide bonds. The Morgan fingerprint density at radius 3 is 2.61 bits per heavy atom. The van der Waals surface area contributed by atoms with E-state index in [9.17, 15) is 13.2 Å². The van der Waals surface area contributed by atoms with Crippen LogP contribution in [0.25, 0.3) is 0 Å². The largest absolute Gasteiger partial charge is 0.411 e. The van der Waals surface area contributed by atoms with Gasteiger partial charge in [0.1, 0.15) is 6.61 Å². The van der Waals surface area contributed by atoms with Gasteiger partial charge >= 0.3 is 6.18 Å². The van der Waals surface area contributed by atoms with Gasteiger partial charge in [-0.25, -0.2) is 0 Å². The lowest BCUT2D eigenvalue weighted by atomic mass is 10.2. The van der Waals surface area contributed by atoms with E-state index in [-0.39, 0.29) is 19.8 Å². The molecule has 1 aromatic rings. The van der Waals surface area contributed by atoms with Crippen molar-refractivity contribution in [3.8, 4) is 0 Å². The van der Waals surface area contributed by atoms with Gasteiger partial charge in [0, 0.05) is 17.7 Å². The molecule has 0 aliphatic carbocycles. The number of aromatic nitrogens is 1. The van der Waals surface area contributed by atoms with Gasteiger partial charge in [-0.3, -0.25) is 4.98 Å². The monoisotopic (exact) mass is 353 g/mol. The van der Waals surface area contributed by atoms with Gasteiger partial charge in [-0.2, -0.15) is 13.2 Å². The Morgan fingerprint density at radius 2 is 1.91 bits per heavy atom. The van der Waals surface area contributed by atoms with Crippen LogP contribution in [0.5, 0.6) is 0 Å². The number of alkyl halides is 3. The zero-order valence-electron chi connectivity index (χ0n) is 13.1. The molecule has 1 N–H and O–H groups in total. The van der Waals surface area contributed by atoms with Crippen molar-refractivity contribution in [3.05, 3.63) is 23.5 Å². The normalized spacial score (nSPS) is 11.9. The lowest BCUT2D eigenvalue weighted by Crippen LogP contribution is -2.19. The van der Waals surface area contributed by atoms with Gasteiger partial charge in [0.05, 0.1) is 25.5 Å². The van der Waals surface area contributed by atoms with Gasteiger partial charge in [0.2, 0.25) is 0 Å². The Labute approximate surface area is 138 Å². The number of halogens is 3. The molecule has 132 valence electrons. The first-order chi connectivity index (χ1) is 10.9. The molecule has 0 atom stereocenters. The Kier molecular flexibility index (Phi) is 9.54. The van der Waals surface area contributed by atoms with E-state index >= 15 is 0 Å². The van der Waals surface area contributed by atoms with Gasteiger partial charge in [0.15, 0.2) is 0 Å².